The maximum absolute atomic E-state index is 13.0. The largest absolute Gasteiger partial charge is 0.497 e. The molecule has 0 radical (unpaired) electrons. The Balaban J connectivity index is 1.71. The van der Waals surface area contributed by atoms with E-state index in [9.17, 15) is 4.79 Å². The lowest BCUT2D eigenvalue weighted by Gasteiger charge is -2.21. The molecule has 0 atom stereocenters. The van der Waals surface area contributed by atoms with Gasteiger partial charge in [-0.25, -0.2) is 9.97 Å². The monoisotopic (exact) mass is 390 g/mol. The first-order valence-electron chi connectivity index (χ1n) is 9.70. The predicted molar refractivity (Wildman–Crippen MR) is 116 cm³/mol. The number of aryl methyl sites for hydroxylation is 1. The van der Waals surface area contributed by atoms with Gasteiger partial charge in [0.15, 0.2) is 0 Å². The first-order chi connectivity index (χ1) is 14.1. The van der Waals surface area contributed by atoms with Crippen LogP contribution in [0.15, 0.2) is 60.7 Å². The molecular weight excluding hydrogens is 364 g/mol. The molecule has 0 saturated carbocycles. The molecule has 1 heterocycles. The zero-order valence-corrected chi connectivity index (χ0v) is 17.1. The Labute approximate surface area is 171 Å². The van der Waals surface area contributed by atoms with Gasteiger partial charge in [-0.1, -0.05) is 30.3 Å². The van der Waals surface area contributed by atoms with Crippen molar-refractivity contribution in [2.24, 2.45) is 0 Å². The van der Waals surface area contributed by atoms with Crippen molar-refractivity contribution in [3.05, 3.63) is 77.6 Å². The third-order valence-electron chi connectivity index (χ3n) is 4.53. The minimum Gasteiger partial charge on any atom is -0.497 e. The van der Waals surface area contributed by atoms with Gasteiger partial charge in [-0.15, -0.1) is 0 Å². The van der Waals surface area contributed by atoms with Crippen LogP contribution in [0.1, 0.15) is 28.7 Å². The maximum Gasteiger partial charge on any atom is 0.277 e. The Morgan fingerprint density at radius 2 is 1.86 bits per heavy atom. The Morgan fingerprint density at radius 3 is 2.59 bits per heavy atom. The number of methoxy groups -OCH3 is 1. The number of hydrogen-bond acceptors (Lipinski definition) is 5. The van der Waals surface area contributed by atoms with Gasteiger partial charge < -0.3 is 15.0 Å². The molecule has 0 spiro atoms. The molecule has 0 aliphatic heterocycles. The van der Waals surface area contributed by atoms with Crippen LogP contribution in [-0.2, 0) is 6.42 Å². The average molecular weight is 390 g/mol. The molecule has 0 saturated heterocycles. The van der Waals surface area contributed by atoms with E-state index in [0.29, 0.717) is 24.7 Å². The summed E-state index contributed by atoms with van der Waals surface area (Å²) in [6, 6.07) is 19.3. The van der Waals surface area contributed by atoms with E-state index in [2.05, 4.69) is 21.4 Å². The molecule has 0 bridgehead atoms. The molecule has 2 aromatic carbocycles. The highest BCUT2D eigenvalue weighted by Crippen LogP contribution is 2.17. The van der Waals surface area contributed by atoms with Crippen molar-refractivity contribution in [3.8, 4) is 5.75 Å². The van der Waals surface area contributed by atoms with E-state index >= 15 is 0 Å². The standard InChI is InChI=1S/C23H26N4O2/c1-4-27(19-10-6-5-7-11-19)22(28)21-15-17(2)25-23(26-21)24-14-13-18-9-8-12-20(16-18)29-3/h5-12,15-16H,4,13-14H2,1-3H3,(H,24,25,26). The molecule has 150 valence electrons. The van der Waals surface area contributed by atoms with Gasteiger partial charge in [0.05, 0.1) is 7.11 Å². The summed E-state index contributed by atoms with van der Waals surface area (Å²) in [5.41, 5.74) is 3.13. The number of nitrogens with zero attached hydrogens (tertiary/aromatic N) is 3. The highest BCUT2D eigenvalue weighted by Gasteiger charge is 2.18. The first kappa shape index (κ1) is 20.3. The molecular formula is C23H26N4O2. The number of amides is 1. The van der Waals surface area contributed by atoms with Crippen LogP contribution in [-0.4, -0.2) is 36.1 Å². The number of aromatic nitrogens is 2. The van der Waals surface area contributed by atoms with Gasteiger partial charge in [0.2, 0.25) is 5.95 Å². The first-order valence-corrected chi connectivity index (χ1v) is 9.70. The summed E-state index contributed by atoms with van der Waals surface area (Å²) < 4.78 is 5.26. The second-order valence-corrected chi connectivity index (χ2v) is 6.63. The van der Waals surface area contributed by atoms with Gasteiger partial charge in [0, 0.05) is 24.5 Å². The lowest BCUT2D eigenvalue weighted by molar-refractivity contribution is 0.0983. The lowest BCUT2D eigenvalue weighted by Crippen LogP contribution is -2.31. The van der Waals surface area contributed by atoms with E-state index in [1.807, 2.05) is 62.4 Å². The second kappa shape index (κ2) is 9.68. The second-order valence-electron chi connectivity index (χ2n) is 6.63. The van der Waals surface area contributed by atoms with Crippen LogP contribution < -0.4 is 15.0 Å². The third-order valence-corrected chi connectivity index (χ3v) is 4.53. The van der Waals surface area contributed by atoms with E-state index in [1.165, 1.54) is 0 Å². The number of hydrogen-bond donors (Lipinski definition) is 1. The topological polar surface area (TPSA) is 67.4 Å². The molecule has 1 amide bonds. The molecule has 0 unspecified atom stereocenters. The molecule has 0 aliphatic rings. The van der Waals surface area contributed by atoms with Crippen LogP contribution in [0, 0.1) is 6.92 Å². The highest BCUT2D eigenvalue weighted by atomic mass is 16.5. The Bertz CT molecular complexity index is 960. The van der Waals surface area contributed by atoms with Crippen molar-refractivity contribution in [2.45, 2.75) is 20.3 Å². The molecule has 3 aromatic rings. The average Bonchev–Trinajstić information content (AvgIpc) is 2.75. The summed E-state index contributed by atoms with van der Waals surface area (Å²) in [6.07, 6.45) is 0.795. The number of nitrogens with one attached hydrogen (secondary N) is 1. The third kappa shape index (κ3) is 5.31. The summed E-state index contributed by atoms with van der Waals surface area (Å²) in [6.45, 7) is 5.03. The Hall–Kier alpha value is -3.41. The van der Waals surface area contributed by atoms with Gasteiger partial charge in [-0.2, -0.15) is 0 Å². The molecule has 0 aliphatic carbocycles. The number of carbonyl (C=O) groups is 1. The summed E-state index contributed by atoms with van der Waals surface area (Å²) in [5.74, 6) is 1.16. The van der Waals surface area contributed by atoms with Gasteiger partial charge in [-0.05, 0) is 56.2 Å². The van der Waals surface area contributed by atoms with E-state index in [1.54, 1.807) is 18.1 Å². The number of ether oxygens (including phenoxy) is 1. The minimum absolute atomic E-state index is 0.139. The number of para-hydroxylation sites is 1. The Morgan fingerprint density at radius 1 is 1.07 bits per heavy atom. The van der Waals surface area contributed by atoms with Crippen LogP contribution >= 0.6 is 0 Å². The van der Waals surface area contributed by atoms with Crippen molar-refractivity contribution in [1.82, 2.24) is 9.97 Å². The van der Waals surface area contributed by atoms with Gasteiger partial charge in [0.1, 0.15) is 11.4 Å². The van der Waals surface area contributed by atoms with Crippen molar-refractivity contribution < 1.29 is 9.53 Å². The maximum atomic E-state index is 13.0. The van der Waals surface area contributed by atoms with Crippen molar-refractivity contribution in [3.63, 3.8) is 0 Å². The number of carbonyl (C=O) groups excluding carboxylic acids is 1. The predicted octanol–water partition coefficient (Wildman–Crippen LogP) is 4.11. The van der Waals surface area contributed by atoms with E-state index in [0.717, 1.165) is 29.1 Å². The normalized spacial score (nSPS) is 10.4. The van der Waals surface area contributed by atoms with Gasteiger partial charge in [0.25, 0.3) is 5.91 Å². The van der Waals surface area contributed by atoms with E-state index in [4.69, 9.17) is 4.74 Å². The minimum atomic E-state index is -0.139. The zero-order chi connectivity index (χ0) is 20.6. The van der Waals surface area contributed by atoms with Crippen molar-refractivity contribution >= 4 is 17.5 Å². The summed E-state index contributed by atoms with van der Waals surface area (Å²) in [7, 11) is 1.66. The van der Waals surface area contributed by atoms with Crippen LogP contribution in [0.4, 0.5) is 11.6 Å². The SMILES string of the molecule is CCN(C(=O)c1cc(C)nc(NCCc2cccc(OC)c2)n1)c1ccccc1. The van der Waals surface area contributed by atoms with Gasteiger partial charge in [-0.3, -0.25) is 4.79 Å². The quantitative estimate of drug-likeness (QED) is 0.627. The highest BCUT2D eigenvalue weighted by molar-refractivity contribution is 6.04. The molecule has 0 fully saturated rings. The summed E-state index contributed by atoms with van der Waals surface area (Å²) in [5, 5.41) is 3.23. The zero-order valence-electron chi connectivity index (χ0n) is 17.1. The fraction of sp³-hybridized carbons (Fsp3) is 0.261. The fourth-order valence-corrected chi connectivity index (χ4v) is 3.09. The molecule has 1 N–H and O–H groups in total. The Kier molecular flexibility index (Phi) is 6.79. The molecule has 6 nitrogen and oxygen atoms in total. The van der Waals surface area contributed by atoms with Crippen LogP contribution in [0.5, 0.6) is 5.75 Å². The number of rotatable bonds is 8. The van der Waals surface area contributed by atoms with Gasteiger partial charge >= 0.3 is 0 Å². The molecule has 29 heavy (non-hydrogen) atoms. The van der Waals surface area contributed by atoms with Crippen molar-refractivity contribution in [1.29, 1.82) is 0 Å². The number of anilines is 2. The molecule has 1 aromatic heterocycles. The smallest absolute Gasteiger partial charge is 0.277 e. The van der Waals surface area contributed by atoms with Crippen LogP contribution in [0.25, 0.3) is 0 Å². The lowest BCUT2D eigenvalue weighted by atomic mass is 10.1. The number of benzene rings is 2. The van der Waals surface area contributed by atoms with Crippen LogP contribution in [0.2, 0.25) is 0 Å². The summed E-state index contributed by atoms with van der Waals surface area (Å²) >= 11 is 0. The molecule has 6 heteroatoms. The fourth-order valence-electron chi connectivity index (χ4n) is 3.09. The van der Waals surface area contributed by atoms with Crippen LogP contribution in [0.3, 0.4) is 0 Å². The summed E-state index contributed by atoms with van der Waals surface area (Å²) in [4.78, 5) is 23.6. The van der Waals surface area contributed by atoms with E-state index in [-0.39, 0.29) is 5.91 Å². The van der Waals surface area contributed by atoms with Crippen molar-refractivity contribution in [2.75, 3.05) is 30.4 Å². The van der Waals surface area contributed by atoms with E-state index < -0.39 is 0 Å². The molecule has 3 rings (SSSR count).